The Morgan fingerprint density at radius 3 is 1.21 bits per heavy atom. The molecule has 0 aromatic rings. The third-order valence-corrected chi connectivity index (χ3v) is 14.9. The van der Waals surface area contributed by atoms with E-state index in [0.717, 1.165) is 44.4 Å². The van der Waals surface area contributed by atoms with Crippen molar-refractivity contribution in [2.24, 2.45) is 0 Å². The van der Waals surface area contributed by atoms with Crippen molar-refractivity contribution in [3.05, 3.63) is 0 Å². The van der Waals surface area contributed by atoms with Crippen LogP contribution < -0.4 is 0 Å². The first-order valence-corrected chi connectivity index (χ1v) is 14.3. The largest absolute Gasteiger partial charge is 0.503 e. The van der Waals surface area contributed by atoms with Gasteiger partial charge >= 0.3 is 8.80 Å². The van der Waals surface area contributed by atoms with Gasteiger partial charge in [-0.15, -0.1) is 0 Å². The summed E-state index contributed by atoms with van der Waals surface area (Å²) in [4.78, 5) is 0. The molecule has 0 saturated carbocycles. The Hall–Kier alpha value is 0.274. The summed E-state index contributed by atoms with van der Waals surface area (Å²) in [7, 11) is -4.72. The molecule has 0 aromatic carbocycles. The van der Waals surface area contributed by atoms with Crippen LogP contribution in [0.1, 0.15) is 74.1 Å². The highest BCUT2D eigenvalue weighted by Gasteiger charge is 2.57. The highest BCUT2D eigenvalue weighted by molar-refractivity contribution is 6.89. The molecule has 0 aliphatic carbocycles. The third kappa shape index (κ3) is 6.88. The van der Waals surface area contributed by atoms with E-state index in [1.165, 1.54) is 0 Å². The van der Waals surface area contributed by atoms with Gasteiger partial charge in [-0.3, -0.25) is 0 Å². The summed E-state index contributed by atoms with van der Waals surface area (Å²) in [5.41, 5.74) is 0. The third-order valence-electron chi connectivity index (χ3n) is 4.63. The molecule has 146 valence electrons. The van der Waals surface area contributed by atoms with Gasteiger partial charge < -0.3 is 17.7 Å². The fourth-order valence-corrected chi connectivity index (χ4v) is 13.3. The van der Waals surface area contributed by atoms with Gasteiger partial charge in [0.15, 0.2) is 8.32 Å². The molecule has 0 aliphatic heterocycles. The molecular weight excluding hydrogens is 336 g/mol. The van der Waals surface area contributed by atoms with Crippen molar-refractivity contribution < 1.29 is 17.7 Å². The fourth-order valence-electron chi connectivity index (χ4n) is 3.05. The minimum Gasteiger partial charge on any atom is -0.417 e. The minimum absolute atomic E-state index is 0.260. The van der Waals surface area contributed by atoms with E-state index in [0.29, 0.717) is 19.8 Å². The predicted octanol–water partition coefficient (Wildman–Crippen LogP) is 5.55. The summed E-state index contributed by atoms with van der Waals surface area (Å²) >= 11 is 0. The Morgan fingerprint density at radius 2 is 0.917 bits per heavy atom. The maximum Gasteiger partial charge on any atom is 0.503 e. The SMILES string of the molecule is CCCO[Si](CC)(CC)C(C)[Si](OCCC)(OCCC)OCCC. The molecule has 0 bridgehead atoms. The van der Waals surface area contributed by atoms with Crippen LogP contribution >= 0.6 is 0 Å². The van der Waals surface area contributed by atoms with Gasteiger partial charge in [0.2, 0.25) is 0 Å². The van der Waals surface area contributed by atoms with Gasteiger partial charge in [-0.05, 0) is 37.8 Å². The summed E-state index contributed by atoms with van der Waals surface area (Å²) < 4.78 is 25.7. The molecule has 0 N–H and O–H groups in total. The normalized spacial score (nSPS) is 14.1. The number of rotatable bonds is 16. The molecule has 0 saturated heterocycles. The Kier molecular flexibility index (Phi) is 13.6. The van der Waals surface area contributed by atoms with Crippen LogP contribution in [0.3, 0.4) is 0 Å². The van der Waals surface area contributed by atoms with Crippen molar-refractivity contribution in [2.75, 3.05) is 26.4 Å². The lowest BCUT2D eigenvalue weighted by Gasteiger charge is -2.43. The first kappa shape index (κ1) is 24.3. The van der Waals surface area contributed by atoms with Crippen LogP contribution in [0.15, 0.2) is 0 Å². The van der Waals surface area contributed by atoms with Crippen LogP contribution in [0.2, 0.25) is 17.3 Å². The van der Waals surface area contributed by atoms with E-state index in [-0.39, 0.29) is 5.16 Å². The van der Waals surface area contributed by atoms with E-state index < -0.39 is 17.1 Å². The first-order valence-electron chi connectivity index (χ1n) is 10.1. The van der Waals surface area contributed by atoms with Gasteiger partial charge in [-0.25, -0.2) is 0 Å². The topological polar surface area (TPSA) is 36.9 Å². The lowest BCUT2D eigenvalue weighted by Crippen LogP contribution is -2.60. The van der Waals surface area contributed by atoms with E-state index in [2.05, 4.69) is 48.5 Å². The molecule has 0 spiro atoms. The summed E-state index contributed by atoms with van der Waals surface area (Å²) in [5, 5.41) is 0.260. The second kappa shape index (κ2) is 13.5. The highest BCUT2D eigenvalue weighted by Crippen LogP contribution is 2.40. The molecule has 0 aromatic heterocycles. The van der Waals surface area contributed by atoms with Crippen LogP contribution in [-0.4, -0.2) is 43.5 Å². The van der Waals surface area contributed by atoms with E-state index in [1.807, 2.05) is 0 Å². The van der Waals surface area contributed by atoms with E-state index >= 15 is 0 Å². The van der Waals surface area contributed by atoms with Gasteiger partial charge in [0.25, 0.3) is 0 Å². The lowest BCUT2D eigenvalue weighted by molar-refractivity contribution is 0.0545. The van der Waals surface area contributed by atoms with Crippen LogP contribution in [0.5, 0.6) is 0 Å². The quantitative estimate of drug-likeness (QED) is 0.330. The molecule has 1 atom stereocenters. The van der Waals surface area contributed by atoms with Crippen LogP contribution in [0.4, 0.5) is 0 Å². The zero-order valence-corrected chi connectivity index (χ0v) is 19.3. The average Bonchev–Trinajstić information content (AvgIpc) is 2.62. The van der Waals surface area contributed by atoms with Crippen molar-refractivity contribution in [3.8, 4) is 0 Å². The molecule has 0 fully saturated rings. The number of hydrogen-bond donors (Lipinski definition) is 0. The Labute approximate surface area is 153 Å². The Balaban J connectivity index is 5.63. The molecule has 0 aliphatic rings. The molecule has 0 amide bonds. The molecule has 1 unspecified atom stereocenters. The molecular formula is C18H42O4Si2. The zero-order valence-electron chi connectivity index (χ0n) is 17.3. The molecule has 0 heterocycles. The lowest BCUT2D eigenvalue weighted by atomic mass is 10.5. The van der Waals surface area contributed by atoms with Gasteiger partial charge in [-0.2, -0.15) is 0 Å². The Bertz CT molecular complexity index is 277. The second-order valence-corrected chi connectivity index (χ2v) is 14.7. The first-order chi connectivity index (χ1) is 11.5. The Morgan fingerprint density at radius 1 is 0.583 bits per heavy atom. The molecule has 4 nitrogen and oxygen atoms in total. The molecule has 0 rings (SSSR count). The van der Waals surface area contributed by atoms with E-state index in [9.17, 15) is 0 Å². The molecule has 6 heteroatoms. The standard InChI is InChI=1S/C18H42O4Si2/c1-8-14-19-23(12-5,13-6)18(7)24(20-15-9-2,21-16-10-3)22-17-11-4/h18H,8-17H2,1-7H3. The average molecular weight is 379 g/mol. The van der Waals surface area contributed by atoms with Gasteiger partial charge in [0.1, 0.15) is 0 Å². The van der Waals surface area contributed by atoms with Crippen molar-refractivity contribution in [2.45, 2.75) is 91.4 Å². The fraction of sp³-hybridized carbons (Fsp3) is 1.00. The predicted molar refractivity (Wildman–Crippen MR) is 107 cm³/mol. The van der Waals surface area contributed by atoms with Gasteiger partial charge in [-0.1, -0.05) is 48.5 Å². The molecule has 24 heavy (non-hydrogen) atoms. The van der Waals surface area contributed by atoms with E-state index in [4.69, 9.17) is 17.7 Å². The summed E-state index contributed by atoms with van der Waals surface area (Å²) in [6, 6.07) is 2.17. The molecule has 0 radical (unpaired) electrons. The summed E-state index contributed by atoms with van der Waals surface area (Å²) in [6.07, 6.45) is 4.00. The smallest absolute Gasteiger partial charge is 0.417 e. The van der Waals surface area contributed by atoms with Crippen molar-refractivity contribution in [1.82, 2.24) is 0 Å². The van der Waals surface area contributed by atoms with Gasteiger partial charge in [0, 0.05) is 31.6 Å². The monoisotopic (exact) mass is 378 g/mol. The van der Waals surface area contributed by atoms with Gasteiger partial charge in [0.05, 0.1) is 0 Å². The van der Waals surface area contributed by atoms with E-state index in [1.54, 1.807) is 0 Å². The van der Waals surface area contributed by atoms with Crippen molar-refractivity contribution in [3.63, 3.8) is 0 Å². The minimum atomic E-state index is -2.75. The zero-order chi connectivity index (χ0) is 18.5. The number of hydrogen-bond acceptors (Lipinski definition) is 4. The maximum absolute atomic E-state index is 6.52. The second-order valence-electron chi connectivity index (χ2n) is 6.49. The van der Waals surface area contributed by atoms with Crippen molar-refractivity contribution >= 4 is 17.1 Å². The summed E-state index contributed by atoms with van der Waals surface area (Å²) in [6.45, 7) is 18.3. The maximum atomic E-state index is 6.52. The summed E-state index contributed by atoms with van der Waals surface area (Å²) in [5.74, 6) is 0. The van der Waals surface area contributed by atoms with Crippen LogP contribution in [-0.2, 0) is 17.7 Å². The van der Waals surface area contributed by atoms with Crippen LogP contribution in [0, 0.1) is 0 Å². The van der Waals surface area contributed by atoms with Crippen LogP contribution in [0.25, 0.3) is 0 Å². The van der Waals surface area contributed by atoms with Crippen molar-refractivity contribution in [1.29, 1.82) is 0 Å². The highest BCUT2D eigenvalue weighted by atomic mass is 28.4.